The second-order valence-electron chi connectivity index (χ2n) is 3.20. The molecule has 0 radical (unpaired) electrons. The highest BCUT2D eigenvalue weighted by Crippen LogP contribution is 2.01. The van der Waals surface area contributed by atoms with E-state index in [1.807, 2.05) is 0 Å². The normalized spacial score (nSPS) is 10.3. The first-order valence-electron chi connectivity index (χ1n) is 4.92. The van der Waals surface area contributed by atoms with Crippen LogP contribution in [0.3, 0.4) is 0 Å². The number of rotatable bonds is 6. The van der Waals surface area contributed by atoms with Crippen molar-refractivity contribution >= 4 is 5.97 Å². The largest absolute Gasteiger partial charge is 0.469 e. The third-order valence-corrected chi connectivity index (χ3v) is 2.08. The fourth-order valence-corrected chi connectivity index (χ4v) is 1.23. The van der Waals surface area contributed by atoms with Gasteiger partial charge in [-0.25, -0.2) is 4.68 Å². The molecule has 6 nitrogen and oxygen atoms in total. The Labute approximate surface area is 88.4 Å². The lowest BCUT2D eigenvalue weighted by molar-refractivity contribution is -0.139. The van der Waals surface area contributed by atoms with Crippen molar-refractivity contribution in [1.82, 2.24) is 15.0 Å². The van der Waals surface area contributed by atoms with Gasteiger partial charge in [-0.3, -0.25) is 4.79 Å². The number of unbranched alkanes of at least 4 members (excludes halogenated alkanes) is 1. The lowest BCUT2D eigenvalue weighted by Crippen LogP contribution is -2.12. The van der Waals surface area contributed by atoms with Crippen LogP contribution in [-0.4, -0.2) is 34.6 Å². The number of carbonyl (C=O) groups is 1. The van der Waals surface area contributed by atoms with Crippen LogP contribution >= 0.6 is 0 Å². The summed E-state index contributed by atoms with van der Waals surface area (Å²) in [6.07, 6.45) is 3.68. The molecule has 15 heavy (non-hydrogen) atoms. The van der Waals surface area contributed by atoms with Crippen molar-refractivity contribution in [3.05, 3.63) is 11.9 Å². The second-order valence-corrected chi connectivity index (χ2v) is 3.20. The molecule has 0 spiro atoms. The van der Waals surface area contributed by atoms with Gasteiger partial charge in [-0.1, -0.05) is 5.21 Å². The van der Waals surface area contributed by atoms with Crippen molar-refractivity contribution in [3.63, 3.8) is 0 Å². The monoisotopic (exact) mass is 212 g/mol. The van der Waals surface area contributed by atoms with Crippen molar-refractivity contribution in [2.45, 2.75) is 25.8 Å². The number of hydrogen-bond donors (Lipinski definition) is 1. The molecule has 0 saturated carbocycles. The second kappa shape index (κ2) is 6.13. The molecule has 0 aromatic carbocycles. The average molecular weight is 212 g/mol. The molecular weight excluding hydrogens is 196 g/mol. The molecule has 0 aliphatic rings. The number of aryl methyl sites for hydroxylation is 1. The van der Waals surface area contributed by atoms with Crippen LogP contribution in [0.1, 0.15) is 18.5 Å². The molecule has 0 fully saturated rings. The maximum Gasteiger partial charge on any atom is 0.311 e. The van der Waals surface area contributed by atoms with Crippen molar-refractivity contribution in [2.75, 3.05) is 13.7 Å². The van der Waals surface area contributed by atoms with Crippen LogP contribution in [0.4, 0.5) is 0 Å². The predicted molar refractivity (Wildman–Crippen MR) is 54.0 cm³/mol. The smallest absolute Gasteiger partial charge is 0.311 e. The summed E-state index contributed by atoms with van der Waals surface area (Å²) in [5.74, 6) is -0.280. The zero-order valence-electron chi connectivity index (χ0n) is 8.85. The van der Waals surface area contributed by atoms with E-state index in [0.717, 1.165) is 25.1 Å². The summed E-state index contributed by atoms with van der Waals surface area (Å²) in [5, 5.41) is 7.66. The first-order chi connectivity index (χ1) is 7.27. The molecule has 6 heteroatoms. The Morgan fingerprint density at radius 3 is 3.07 bits per heavy atom. The molecule has 0 aliphatic carbocycles. The lowest BCUT2D eigenvalue weighted by atomic mass is 10.3. The number of hydrogen-bond acceptors (Lipinski definition) is 5. The maximum atomic E-state index is 11.1. The first kappa shape index (κ1) is 11.6. The molecule has 1 heterocycles. The molecule has 2 N–H and O–H groups in total. The van der Waals surface area contributed by atoms with Crippen molar-refractivity contribution in [2.24, 2.45) is 5.73 Å². The fraction of sp³-hybridized carbons (Fsp3) is 0.667. The number of nitrogens with zero attached hydrogens (tertiary/aromatic N) is 3. The zero-order valence-corrected chi connectivity index (χ0v) is 8.85. The third kappa shape index (κ3) is 3.67. The van der Waals surface area contributed by atoms with Crippen LogP contribution in [0.2, 0.25) is 0 Å². The molecule has 0 unspecified atom stereocenters. The maximum absolute atomic E-state index is 11.1. The topological polar surface area (TPSA) is 83.0 Å². The van der Waals surface area contributed by atoms with Crippen LogP contribution in [0.15, 0.2) is 6.20 Å². The Kier molecular flexibility index (Phi) is 4.76. The molecule has 0 atom stereocenters. The molecule has 1 aromatic heterocycles. The average Bonchev–Trinajstić information content (AvgIpc) is 2.66. The SMILES string of the molecule is COC(=O)Cc1cnnn1CCCCN. The van der Waals surface area contributed by atoms with Gasteiger partial charge < -0.3 is 10.5 Å². The summed E-state index contributed by atoms with van der Waals surface area (Å²) >= 11 is 0. The van der Waals surface area contributed by atoms with E-state index >= 15 is 0 Å². The lowest BCUT2D eigenvalue weighted by Gasteiger charge is -2.04. The number of esters is 1. The highest BCUT2D eigenvalue weighted by atomic mass is 16.5. The molecule has 0 bridgehead atoms. The van der Waals surface area contributed by atoms with Gasteiger partial charge in [0.2, 0.25) is 0 Å². The van der Waals surface area contributed by atoms with Crippen molar-refractivity contribution in [3.8, 4) is 0 Å². The Morgan fingerprint density at radius 2 is 2.40 bits per heavy atom. The molecule has 84 valence electrons. The van der Waals surface area contributed by atoms with E-state index < -0.39 is 0 Å². The van der Waals surface area contributed by atoms with Crippen LogP contribution in [0.5, 0.6) is 0 Å². The number of nitrogens with two attached hydrogens (primary N) is 1. The zero-order chi connectivity index (χ0) is 11.1. The highest BCUT2D eigenvalue weighted by Gasteiger charge is 2.08. The summed E-state index contributed by atoms with van der Waals surface area (Å²) in [5.41, 5.74) is 6.17. The molecule has 0 aliphatic heterocycles. The summed E-state index contributed by atoms with van der Waals surface area (Å²) in [6, 6.07) is 0. The Balaban J connectivity index is 2.49. The van der Waals surface area contributed by atoms with Gasteiger partial charge in [0.1, 0.15) is 0 Å². The van der Waals surface area contributed by atoms with Gasteiger partial charge in [-0.2, -0.15) is 0 Å². The van der Waals surface area contributed by atoms with Crippen LogP contribution < -0.4 is 5.73 Å². The van der Waals surface area contributed by atoms with E-state index in [1.165, 1.54) is 7.11 Å². The highest BCUT2D eigenvalue weighted by molar-refractivity contribution is 5.71. The van der Waals surface area contributed by atoms with Gasteiger partial charge in [0.25, 0.3) is 0 Å². The summed E-state index contributed by atoms with van der Waals surface area (Å²) in [6.45, 7) is 1.41. The van der Waals surface area contributed by atoms with Crippen LogP contribution in [-0.2, 0) is 22.5 Å². The van der Waals surface area contributed by atoms with E-state index in [9.17, 15) is 4.79 Å². The molecular formula is C9H16N4O2. The Bertz CT molecular complexity index is 311. The van der Waals surface area contributed by atoms with Crippen molar-refractivity contribution in [1.29, 1.82) is 0 Å². The van der Waals surface area contributed by atoms with E-state index in [4.69, 9.17) is 5.73 Å². The van der Waals surface area contributed by atoms with E-state index in [0.29, 0.717) is 6.54 Å². The Morgan fingerprint density at radius 1 is 1.60 bits per heavy atom. The minimum Gasteiger partial charge on any atom is -0.469 e. The minimum absolute atomic E-state index is 0.214. The predicted octanol–water partition coefficient (Wildman–Crippen LogP) is -0.267. The van der Waals surface area contributed by atoms with Gasteiger partial charge in [-0.05, 0) is 19.4 Å². The van der Waals surface area contributed by atoms with E-state index in [1.54, 1.807) is 10.9 Å². The van der Waals surface area contributed by atoms with E-state index in [2.05, 4.69) is 15.0 Å². The number of methoxy groups -OCH3 is 1. The Hall–Kier alpha value is -1.43. The number of ether oxygens (including phenoxy) is 1. The standard InChI is InChI=1S/C9H16N4O2/c1-15-9(14)6-8-7-11-12-13(8)5-3-2-4-10/h7H,2-6,10H2,1H3. The first-order valence-corrected chi connectivity index (χ1v) is 4.92. The molecule has 1 rings (SSSR count). The van der Waals surface area contributed by atoms with Gasteiger partial charge in [0, 0.05) is 6.54 Å². The van der Waals surface area contributed by atoms with Gasteiger partial charge in [0.05, 0.1) is 25.4 Å². The summed E-state index contributed by atoms with van der Waals surface area (Å²) in [7, 11) is 1.37. The fourth-order valence-electron chi connectivity index (χ4n) is 1.23. The minimum atomic E-state index is -0.280. The summed E-state index contributed by atoms with van der Waals surface area (Å²) < 4.78 is 6.29. The van der Waals surface area contributed by atoms with Gasteiger partial charge in [0.15, 0.2) is 0 Å². The van der Waals surface area contributed by atoms with Crippen LogP contribution in [0.25, 0.3) is 0 Å². The van der Waals surface area contributed by atoms with Crippen molar-refractivity contribution < 1.29 is 9.53 Å². The number of carbonyl (C=O) groups excluding carboxylic acids is 1. The molecule has 1 aromatic rings. The van der Waals surface area contributed by atoms with Crippen LogP contribution in [0, 0.1) is 0 Å². The van der Waals surface area contributed by atoms with Gasteiger partial charge in [-0.15, -0.1) is 5.10 Å². The molecule has 0 saturated heterocycles. The summed E-state index contributed by atoms with van der Waals surface area (Å²) in [4.78, 5) is 11.1. The van der Waals surface area contributed by atoms with E-state index in [-0.39, 0.29) is 12.4 Å². The third-order valence-electron chi connectivity index (χ3n) is 2.08. The number of aromatic nitrogens is 3. The van der Waals surface area contributed by atoms with Gasteiger partial charge >= 0.3 is 5.97 Å². The molecule has 0 amide bonds. The quantitative estimate of drug-likeness (QED) is 0.518.